The van der Waals surface area contributed by atoms with E-state index in [4.69, 9.17) is 11.6 Å². The Hall–Kier alpha value is -2.18. The molecule has 0 atom stereocenters. The molecule has 3 aromatic rings. The van der Waals surface area contributed by atoms with Gasteiger partial charge in [-0.2, -0.15) is 0 Å². The summed E-state index contributed by atoms with van der Waals surface area (Å²) in [7, 11) is 0. The lowest BCUT2D eigenvalue weighted by molar-refractivity contribution is -0.121. The van der Waals surface area contributed by atoms with Gasteiger partial charge < -0.3 is 9.72 Å². The number of fused-ring (bicyclic) bond motifs is 1. The standard InChI is InChI=1S/C17H16ClN3O2S/c1-11-2-5-15(24-11)14(22)4-7-17(23)19-8-13-10-21-9-12(18)3-6-16(21)20-13/h2-3,5-6,9-10H,4,7-8H2,1H3,(H,19,23). The van der Waals surface area contributed by atoms with Gasteiger partial charge in [0.15, 0.2) is 5.78 Å². The van der Waals surface area contributed by atoms with Crippen molar-refractivity contribution in [1.82, 2.24) is 14.7 Å². The molecule has 0 spiro atoms. The monoisotopic (exact) mass is 361 g/mol. The normalized spacial score (nSPS) is 10.9. The number of hydrogen-bond acceptors (Lipinski definition) is 4. The summed E-state index contributed by atoms with van der Waals surface area (Å²) in [5.41, 5.74) is 1.51. The third kappa shape index (κ3) is 4.01. The average Bonchev–Trinajstić information content (AvgIpc) is 3.16. The van der Waals surface area contributed by atoms with Crippen molar-refractivity contribution in [3.63, 3.8) is 0 Å². The number of hydrogen-bond donors (Lipinski definition) is 1. The SMILES string of the molecule is Cc1ccc(C(=O)CCC(=O)NCc2cn3cc(Cl)ccc3n2)s1. The highest BCUT2D eigenvalue weighted by molar-refractivity contribution is 7.14. The van der Waals surface area contributed by atoms with Gasteiger partial charge >= 0.3 is 0 Å². The minimum absolute atomic E-state index is 0.00521. The second kappa shape index (κ2) is 7.15. The minimum Gasteiger partial charge on any atom is -0.350 e. The Bertz CT molecular complexity index is 900. The second-order valence-corrected chi connectivity index (χ2v) is 7.18. The van der Waals surface area contributed by atoms with Crippen LogP contribution in [0.2, 0.25) is 5.02 Å². The van der Waals surface area contributed by atoms with Crippen LogP contribution in [0.3, 0.4) is 0 Å². The zero-order valence-electron chi connectivity index (χ0n) is 13.1. The summed E-state index contributed by atoms with van der Waals surface area (Å²) in [5, 5.41) is 3.41. The van der Waals surface area contributed by atoms with E-state index in [0.717, 1.165) is 16.2 Å². The highest BCUT2D eigenvalue weighted by Crippen LogP contribution is 2.17. The number of Topliss-reactive ketones (excluding diaryl/α,β-unsaturated/α-hetero) is 1. The predicted octanol–water partition coefficient (Wildman–Crippen LogP) is 3.64. The van der Waals surface area contributed by atoms with Crippen LogP contribution in [-0.2, 0) is 11.3 Å². The molecule has 24 heavy (non-hydrogen) atoms. The summed E-state index contributed by atoms with van der Waals surface area (Å²) in [6, 6.07) is 7.30. The molecule has 3 rings (SSSR count). The summed E-state index contributed by atoms with van der Waals surface area (Å²) in [5.74, 6) is -0.155. The van der Waals surface area contributed by atoms with Crippen molar-refractivity contribution in [1.29, 1.82) is 0 Å². The summed E-state index contributed by atoms with van der Waals surface area (Å²) in [6.07, 6.45) is 3.97. The fraction of sp³-hybridized carbons (Fsp3) is 0.235. The molecule has 0 aliphatic rings. The maximum absolute atomic E-state index is 12.0. The lowest BCUT2D eigenvalue weighted by Gasteiger charge is -2.02. The van der Waals surface area contributed by atoms with Gasteiger partial charge in [-0.1, -0.05) is 11.6 Å². The van der Waals surface area contributed by atoms with E-state index in [1.165, 1.54) is 11.3 Å². The van der Waals surface area contributed by atoms with Gasteiger partial charge in [-0.3, -0.25) is 9.59 Å². The molecular weight excluding hydrogens is 346 g/mol. The van der Waals surface area contributed by atoms with Crippen LogP contribution in [0, 0.1) is 6.92 Å². The van der Waals surface area contributed by atoms with E-state index in [2.05, 4.69) is 10.3 Å². The van der Waals surface area contributed by atoms with E-state index in [0.29, 0.717) is 16.4 Å². The molecule has 0 bridgehead atoms. The molecule has 0 saturated carbocycles. The molecule has 7 heteroatoms. The number of imidazole rings is 1. The van der Waals surface area contributed by atoms with Crippen molar-refractivity contribution in [3.05, 3.63) is 57.1 Å². The zero-order chi connectivity index (χ0) is 17.1. The van der Waals surface area contributed by atoms with Crippen LogP contribution in [-0.4, -0.2) is 21.1 Å². The van der Waals surface area contributed by atoms with E-state index in [9.17, 15) is 9.59 Å². The summed E-state index contributed by atoms with van der Waals surface area (Å²) in [6.45, 7) is 2.28. The van der Waals surface area contributed by atoms with Gasteiger partial charge in [0.2, 0.25) is 5.91 Å². The van der Waals surface area contributed by atoms with Crippen LogP contribution in [0.5, 0.6) is 0 Å². The van der Waals surface area contributed by atoms with Gasteiger partial charge in [0.25, 0.3) is 0 Å². The quantitative estimate of drug-likeness (QED) is 0.682. The van der Waals surface area contributed by atoms with Crippen molar-refractivity contribution in [3.8, 4) is 0 Å². The molecule has 3 heterocycles. The van der Waals surface area contributed by atoms with Crippen molar-refractivity contribution in [2.24, 2.45) is 0 Å². The highest BCUT2D eigenvalue weighted by atomic mass is 35.5. The number of carbonyl (C=O) groups excluding carboxylic acids is 2. The fourth-order valence-electron chi connectivity index (χ4n) is 2.31. The third-order valence-electron chi connectivity index (χ3n) is 3.53. The molecule has 1 amide bonds. The molecule has 0 unspecified atom stereocenters. The number of carbonyl (C=O) groups is 2. The van der Waals surface area contributed by atoms with Crippen LogP contribution < -0.4 is 5.32 Å². The van der Waals surface area contributed by atoms with Gasteiger partial charge in [-0.15, -0.1) is 11.3 Å². The summed E-state index contributed by atoms with van der Waals surface area (Å²) in [4.78, 5) is 30.1. The van der Waals surface area contributed by atoms with E-state index >= 15 is 0 Å². The van der Waals surface area contributed by atoms with Crippen LogP contribution in [0.1, 0.15) is 33.1 Å². The Kier molecular flexibility index (Phi) is 4.97. The zero-order valence-corrected chi connectivity index (χ0v) is 14.7. The first-order chi connectivity index (χ1) is 11.5. The number of aryl methyl sites for hydroxylation is 1. The average molecular weight is 362 g/mol. The molecule has 1 N–H and O–H groups in total. The molecule has 0 aromatic carbocycles. The van der Waals surface area contributed by atoms with Crippen LogP contribution in [0.25, 0.3) is 5.65 Å². The molecule has 5 nitrogen and oxygen atoms in total. The van der Waals surface area contributed by atoms with E-state index < -0.39 is 0 Å². The molecule has 0 fully saturated rings. The number of thiophene rings is 1. The highest BCUT2D eigenvalue weighted by Gasteiger charge is 2.11. The van der Waals surface area contributed by atoms with Gasteiger partial charge in [0, 0.05) is 30.1 Å². The molecule has 0 saturated heterocycles. The first-order valence-corrected chi connectivity index (χ1v) is 8.70. The van der Waals surface area contributed by atoms with Crippen molar-refractivity contribution >= 4 is 40.3 Å². The Morgan fingerprint density at radius 1 is 1.21 bits per heavy atom. The Balaban J connectivity index is 1.50. The number of ketones is 1. The van der Waals surface area contributed by atoms with Crippen LogP contribution in [0.15, 0.2) is 36.7 Å². The Labute approximate surface area is 148 Å². The first-order valence-electron chi connectivity index (χ1n) is 7.51. The lowest BCUT2D eigenvalue weighted by atomic mass is 10.2. The van der Waals surface area contributed by atoms with Gasteiger partial charge in [-0.25, -0.2) is 4.98 Å². The van der Waals surface area contributed by atoms with Gasteiger partial charge in [-0.05, 0) is 31.2 Å². The maximum Gasteiger partial charge on any atom is 0.220 e. The Morgan fingerprint density at radius 2 is 2.04 bits per heavy atom. The number of rotatable bonds is 6. The molecule has 0 aliphatic carbocycles. The summed E-state index contributed by atoms with van der Waals surface area (Å²) < 4.78 is 1.81. The molecular formula is C17H16ClN3O2S. The lowest BCUT2D eigenvalue weighted by Crippen LogP contribution is -2.23. The van der Waals surface area contributed by atoms with Crippen molar-refractivity contribution in [2.75, 3.05) is 0 Å². The number of amides is 1. The van der Waals surface area contributed by atoms with Gasteiger partial charge in [0.1, 0.15) is 5.65 Å². The third-order valence-corrected chi connectivity index (χ3v) is 4.79. The smallest absolute Gasteiger partial charge is 0.220 e. The fourth-order valence-corrected chi connectivity index (χ4v) is 3.32. The van der Waals surface area contributed by atoms with E-state index in [1.807, 2.05) is 35.7 Å². The number of nitrogens with one attached hydrogen (secondary N) is 1. The number of aromatic nitrogens is 2. The van der Waals surface area contributed by atoms with Crippen LogP contribution >= 0.6 is 22.9 Å². The number of halogens is 1. The van der Waals surface area contributed by atoms with Crippen LogP contribution in [0.4, 0.5) is 0 Å². The number of nitrogens with zero attached hydrogens (tertiary/aromatic N) is 2. The first kappa shape index (κ1) is 16.7. The largest absolute Gasteiger partial charge is 0.350 e. The van der Waals surface area contributed by atoms with Crippen molar-refractivity contribution in [2.45, 2.75) is 26.3 Å². The predicted molar refractivity (Wildman–Crippen MR) is 94.7 cm³/mol. The molecule has 0 radical (unpaired) electrons. The van der Waals surface area contributed by atoms with E-state index in [-0.39, 0.29) is 24.5 Å². The van der Waals surface area contributed by atoms with Gasteiger partial charge in [0.05, 0.1) is 22.1 Å². The Morgan fingerprint density at radius 3 is 2.79 bits per heavy atom. The molecule has 124 valence electrons. The van der Waals surface area contributed by atoms with Crippen molar-refractivity contribution < 1.29 is 9.59 Å². The topological polar surface area (TPSA) is 63.5 Å². The molecule has 0 aliphatic heterocycles. The minimum atomic E-state index is -0.160. The number of pyridine rings is 1. The maximum atomic E-state index is 12.0. The molecule has 3 aromatic heterocycles. The second-order valence-electron chi connectivity index (χ2n) is 5.46. The van der Waals surface area contributed by atoms with E-state index in [1.54, 1.807) is 12.3 Å². The summed E-state index contributed by atoms with van der Waals surface area (Å²) >= 11 is 7.39.